The fourth-order valence-corrected chi connectivity index (χ4v) is 1.69. The molecule has 0 saturated carbocycles. The van der Waals surface area contributed by atoms with E-state index in [1.54, 1.807) is 0 Å². The molecule has 1 aliphatic heterocycles. The molecule has 0 aromatic carbocycles. The van der Waals surface area contributed by atoms with Crippen LogP contribution in [-0.4, -0.2) is 29.2 Å². The molecule has 1 unspecified atom stereocenters. The second-order valence-corrected chi connectivity index (χ2v) is 4.25. The molecule has 6 heteroatoms. The average Bonchev–Trinajstić information content (AvgIpc) is 2.70. The van der Waals surface area contributed by atoms with Gasteiger partial charge in [-0.2, -0.15) is 5.10 Å². The summed E-state index contributed by atoms with van der Waals surface area (Å²) in [6.45, 7) is 3.43. The first-order valence-corrected chi connectivity index (χ1v) is 5.18. The Balaban J connectivity index is 2.07. The predicted octanol–water partition coefficient (Wildman–Crippen LogP) is -0.292. The van der Waals surface area contributed by atoms with Crippen molar-refractivity contribution in [1.29, 1.82) is 0 Å². The third-order valence-corrected chi connectivity index (χ3v) is 2.84. The van der Waals surface area contributed by atoms with Crippen LogP contribution in [0.1, 0.15) is 13.3 Å². The number of anilines is 1. The lowest BCUT2D eigenvalue weighted by molar-refractivity contribution is -0.123. The lowest BCUT2D eigenvalue weighted by Gasteiger charge is -2.20. The molecule has 6 nitrogen and oxygen atoms in total. The van der Waals surface area contributed by atoms with Crippen LogP contribution in [0.25, 0.3) is 0 Å². The highest BCUT2D eigenvalue weighted by Gasteiger charge is 2.36. The normalized spacial score (nSPS) is 24.3. The Hall–Kier alpha value is -1.69. The van der Waals surface area contributed by atoms with Crippen molar-refractivity contribution in [2.45, 2.75) is 13.3 Å². The number of carbonyl (C=O) groups excluding carboxylic acids is 1. The van der Waals surface area contributed by atoms with Crippen LogP contribution in [0.3, 0.4) is 0 Å². The third kappa shape index (κ3) is 2.11. The van der Waals surface area contributed by atoms with Crippen LogP contribution in [0.4, 0.5) is 5.82 Å². The number of hydrogen-bond acceptors (Lipinski definition) is 4. The third-order valence-electron chi connectivity index (χ3n) is 2.84. The number of aromatic amines is 1. The Morgan fingerprint density at radius 2 is 2.38 bits per heavy atom. The molecule has 0 spiro atoms. The van der Waals surface area contributed by atoms with Gasteiger partial charge in [0, 0.05) is 12.6 Å². The van der Waals surface area contributed by atoms with E-state index in [0.29, 0.717) is 12.4 Å². The minimum Gasteiger partial charge on any atom is -0.316 e. The van der Waals surface area contributed by atoms with E-state index in [9.17, 15) is 9.59 Å². The molecule has 0 aliphatic carbocycles. The molecular formula is C10H14N4O2. The summed E-state index contributed by atoms with van der Waals surface area (Å²) in [5.41, 5.74) is -0.676. The van der Waals surface area contributed by atoms with Crippen molar-refractivity contribution in [3.05, 3.63) is 22.5 Å². The van der Waals surface area contributed by atoms with Gasteiger partial charge in [-0.1, -0.05) is 0 Å². The van der Waals surface area contributed by atoms with E-state index in [1.165, 1.54) is 12.1 Å². The highest BCUT2D eigenvalue weighted by molar-refractivity contribution is 5.94. The number of nitrogens with zero attached hydrogens (tertiary/aromatic N) is 1. The van der Waals surface area contributed by atoms with Crippen LogP contribution in [0.2, 0.25) is 0 Å². The van der Waals surface area contributed by atoms with Crippen LogP contribution in [0.5, 0.6) is 0 Å². The fourth-order valence-electron chi connectivity index (χ4n) is 1.69. The second kappa shape index (κ2) is 4.05. The van der Waals surface area contributed by atoms with E-state index in [2.05, 4.69) is 20.8 Å². The highest BCUT2D eigenvalue weighted by Crippen LogP contribution is 2.25. The van der Waals surface area contributed by atoms with E-state index >= 15 is 0 Å². The zero-order valence-corrected chi connectivity index (χ0v) is 9.04. The van der Waals surface area contributed by atoms with Crippen LogP contribution >= 0.6 is 0 Å². The van der Waals surface area contributed by atoms with Gasteiger partial charge in [-0.15, -0.1) is 0 Å². The molecule has 0 bridgehead atoms. The van der Waals surface area contributed by atoms with E-state index in [-0.39, 0.29) is 11.5 Å². The number of carbonyl (C=O) groups is 1. The smallest absolute Gasteiger partial charge is 0.264 e. The average molecular weight is 222 g/mol. The van der Waals surface area contributed by atoms with Crippen molar-refractivity contribution < 1.29 is 4.79 Å². The quantitative estimate of drug-likeness (QED) is 0.641. The van der Waals surface area contributed by atoms with Crippen LogP contribution in [0.15, 0.2) is 16.9 Å². The Morgan fingerprint density at radius 1 is 1.56 bits per heavy atom. The molecule has 1 amide bonds. The van der Waals surface area contributed by atoms with Gasteiger partial charge in [0.1, 0.15) is 0 Å². The van der Waals surface area contributed by atoms with Crippen molar-refractivity contribution in [2.75, 3.05) is 18.4 Å². The van der Waals surface area contributed by atoms with Gasteiger partial charge in [0.15, 0.2) is 5.82 Å². The number of amides is 1. The lowest BCUT2D eigenvalue weighted by atomic mass is 9.89. The molecule has 1 fully saturated rings. The molecule has 3 N–H and O–H groups in total. The van der Waals surface area contributed by atoms with Gasteiger partial charge in [-0.25, -0.2) is 5.10 Å². The number of nitrogens with one attached hydrogen (secondary N) is 3. The molecule has 1 saturated heterocycles. The lowest BCUT2D eigenvalue weighted by Crippen LogP contribution is -2.35. The first-order valence-electron chi connectivity index (χ1n) is 5.18. The summed E-state index contributed by atoms with van der Waals surface area (Å²) in [5.74, 6) is 0.301. The summed E-state index contributed by atoms with van der Waals surface area (Å²) >= 11 is 0. The van der Waals surface area contributed by atoms with Gasteiger partial charge < -0.3 is 10.6 Å². The van der Waals surface area contributed by atoms with E-state index < -0.39 is 5.41 Å². The predicted molar refractivity (Wildman–Crippen MR) is 59.1 cm³/mol. The van der Waals surface area contributed by atoms with Gasteiger partial charge in [0.05, 0.1) is 5.41 Å². The highest BCUT2D eigenvalue weighted by atomic mass is 16.2. The largest absolute Gasteiger partial charge is 0.316 e. The maximum atomic E-state index is 11.9. The summed E-state index contributed by atoms with van der Waals surface area (Å²) in [7, 11) is 0. The first kappa shape index (κ1) is 10.8. The standard InChI is InChI=1S/C10H14N4O2/c1-10(4-5-11-6-10)9(16)12-7-2-3-8(15)14-13-7/h2-3,11H,4-6H2,1H3,(H,14,15)(H,12,13,16). The maximum absolute atomic E-state index is 11.9. The Bertz CT molecular complexity index is 428. The zero-order valence-electron chi connectivity index (χ0n) is 9.04. The number of H-pyrrole nitrogens is 1. The van der Waals surface area contributed by atoms with Gasteiger partial charge in [-0.05, 0) is 26.0 Å². The molecule has 1 aromatic rings. The minimum atomic E-state index is -0.391. The number of aromatic nitrogens is 2. The molecule has 86 valence electrons. The molecule has 1 aliphatic rings. The minimum absolute atomic E-state index is 0.0722. The fraction of sp³-hybridized carbons (Fsp3) is 0.500. The maximum Gasteiger partial charge on any atom is 0.264 e. The van der Waals surface area contributed by atoms with Crippen LogP contribution in [0, 0.1) is 5.41 Å². The van der Waals surface area contributed by atoms with Crippen molar-refractivity contribution in [3.8, 4) is 0 Å². The SMILES string of the molecule is CC1(C(=O)Nc2ccc(=O)[nH]n2)CCNC1. The van der Waals surface area contributed by atoms with E-state index in [0.717, 1.165) is 13.0 Å². The summed E-state index contributed by atoms with van der Waals surface area (Å²) in [5, 5.41) is 11.8. The molecule has 2 heterocycles. The molecule has 0 radical (unpaired) electrons. The summed E-state index contributed by atoms with van der Waals surface area (Å²) in [6, 6.07) is 2.82. The first-order chi connectivity index (χ1) is 7.60. The molecule has 1 atom stereocenters. The van der Waals surface area contributed by atoms with Crippen molar-refractivity contribution in [3.63, 3.8) is 0 Å². The van der Waals surface area contributed by atoms with Gasteiger partial charge in [0.25, 0.3) is 5.56 Å². The van der Waals surface area contributed by atoms with Gasteiger partial charge in [0.2, 0.25) is 5.91 Å². The molecule has 1 aromatic heterocycles. The zero-order chi connectivity index (χ0) is 11.6. The summed E-state index contributed by atoms with van der Waals surface area (Å²) in [6.07, 6.45) is 0.808. The molecule has 2 rings (SSSR count). The van der Waals surface area contributed by atoms with Gasteiger partial charge in [-0.3, -0.25) is 9.59 Å². The number of rotatable bonds is 2. The monoisotopic (exact) mass is 222 g/mol. The summed E-state index contributed by atoms with van der Waals surface area (Å²) in [4.78, 5) is 22.7. The van der Waals surface area contributed by atoms with Gasteiger partial charge >= 0.3 is 0 Å². The Morgan fingerprint density at radius 3 is 2.94 bits per heavy atom. The van der Waals surface area contributed by atoms with E-state index in [4.69, 9.17) is 0 Å². The topological polar surface area (TPSA) is 86.9 Å². The molecule has 16 heavy (non-hydrogen) atoms. The van der Waals surface area contributed by atoms with Crippen molar-refractivity contribution >= 4 is 11.7 Å². The Labute approximate surface area is 92.4 Å². The molecular weight excluding hydrogens is 208 g/mol. The van der Waals surface area contributed by atoms with Crippen molar-refractivity contribution in [2.24, 2.45) is 5.41 Å². The van der Waals surface area contributed by atoms with Crippen LogP contribution < -0.4 is 16.2 Å². The van der Waals surface area contributed by atoms with Crippen LogP contribution in [-0.2, 0) is 4.79 Å². The van der Waals surface area contributed by atoms with Crippen molar-refractivity contribution in [1.82, 2.24) is 15.5 Å². The second-order valence-electron chi connectivity index (χ2n) is 4.25. The van der Waals surface area contributed by atoms with E-state index in [1.807, 2.05) is 6.92 Å². The summed E-state index contributed by atoms with van der Waals surface area (Å²) < 4.78 is 0. The Kier molecular flexibility index (Phi) is 2.74. The number of hydrogen-bond donors (Lipinski definition) is 3.